The maximum Gasteiger partial charge on any atom is 0.335 e. The molecular weight excluding hydrogens is 392 g/mol. The number of nitrogens with zero attached hydrogens (tertiary/aromatic N) is 2. The molecule has 0 amide bonds. The average Bonchev–Trinajstić information content (AvgIpc) is 3.19. The highest BCUT2D eigenvalue weighted by Crippen LogP contribution is 2.35. The number of aromatic hydroxyl groups is 1. The van der Waals surface area contributed by atoms with Gasteiger partial charge in [-0.1, -0.05) is 18.2 Å². The van der Waals surface area contributed by atoms with E-state index in [1.54, 1.807) is 24.3 Å². The third-order valence-electron chi connectivity index (χ3n) is 5.74. The molecule has 5 rings (SSSR count). The number of phenols is 1. The highest BCUT2D eigenvalue weighted by Gasteiger charge is 2.22. The van der Waals surface area contributed by atoms with E-state index in [1.165, 1.54) is 0 Å². The van der Waals surface area contributed by atoms with Crippen molar-refractivity contribution in [1.82, 2.24) is 9.78 Å². The van der Waals surface area contributed by atoms with E-state index in [2.05, 4.69) is 6.07 Å². The van der Waals surface area contributed by atoms with Gasteiger partial charge in [0.05, 0.1) is 11.1 Å². The zero-order valence-electron chi connectivity index (χ0n) is 16.9. The first-order valence-electron chi connectivity index (χ1n) is 10.4. The molecule has 4 aromatic rings. The third kappa shape index (κ3) is 3.66. The first-order chi connectivity index (χ1) is 15.1. The van der Waals surface area contributed by atoms with Crippen LogP contribution < -0.4 is 0 Å². The molecule has 1 aromatic heterocycles. The Balaban J connectivity index is 1.65. The molecule has 1 unspecified atom stereocenters. The summed E-state index contributed by atoms with van der Waals surface area (Å²) in [5.41, 5.74) is 4.90. The number of ether oxygens (including phenoxy) is 1. The lowest BCUT2D eigenvalue weighted by Crippen LogP contribution is -2.19. The highest BCUT2D eigenvalue weighted by molar-refractivity contribution is 5.96. The minimum Gasteiger partial charge on any atom is -0.508 e. The lowest BCUT2D eigenvalue weighted by atomic mass is 10.00. The van der Waals surface area contributed by atoms with Gasteiger partial charge in [-0.2, -0.15) is 5.10 Å². The van der Waals surface area contributed by atoms with Crippen molar-refractivity contribution in [2.24, 2.45) is 0 Å². The van der Waals surface area contributed by atoms with Crippen LogP contribution in [0.25, 0.3) is 33.3 Å². The quantitative estimate of drug-likeness (QED) is 0.462. The van der Waals surface area contributed by atoms with E-state index in [0.717, 1.165) is 59.2 Å². The van der Waals surface area contributed by atoms with Crippen LogP contribution >= 0.6 is 0 Å². The fraction of sp³-hybridized carbons (Fsp3) is 0.200. The van der Waals surface area contributed by atoms with E-state index in [9.17, 15) is 9.90 Å². The molecule has 6 nitrogen and oxygen atoms in total. The zero-order chi connectivity index (χ0) is 21.4. The van der Waals surface area contributed by atoms with Gasteiger partial charge >= 0.3 is 5.97 Å². The molecule has 0 radical (unpaired) electrons. The van der Waals surface area contributed by atoms with Crippen molar-refractivity contribution >= 4 is 16.9 Å². The molecule has 156 valence electrons. The predicted octanol–water partition coefficient (Wildman–Crippen LogP) is 5.47. The fourth-order valence-corrected chi connectivity index (χ4v) is 4.09. The van der Waals surface area contributed by atoms with Gasteiger partial charge in [0.1, 0.15) is 11.4 Å². The zero-order valence-corrected chi connectivity index (χ0v) is 16.9. The Kier molecular flexibility index (Phi) is 4.92. The van der Waals surface area contributed by atoms with Crippen LogP contribution in [0.1, 0.15) is 35.8 Å². The molecule has 0 bridgehead atoms. The van der Waals surface area contributed by atoms with Gasteiger partial charge in [0, 0.05) is 17.6 Å². The summed E-state index contributed by atoms with van der Waals surface area (Å²) in [5, 5.41) is 24.8. The number of fused-ring (bicyclic) bond motifs is 1. The molecule has 1 saturated heterocycles. The van der Waals surface area contributed by atoms with Crippen LogP contribution in [-0.4, -0.2) is 32.6 Å². The van der Waals surface area contributed by atoms with Gasteiger partial charge in [-0.15, -0.1) is 0 Å². The first-order valence-corrected chi connectivity index (χ1v) is 10.4. The Morgan fingerprint density at radius 3 is 2.32 bits per heavy atom. The molecule has 2 N–H and O–H groups in total. The Bertz CT molecular complexity index is 1240. The number of aromatic nitrogens is 2. The molecule has 0 spiro atoms. The number of carbonyl (C=O) groups is 1. The van der Waals surface area contributed by atoms with E-state index < -0.39 is 5.97 Å². The van der Waals surface area contributed by atoms with Gasteiger partial charge in [-0.3, -0.25) is 0 Å². The molecule has 0 aliphatic carbocycles. The number of phenolic OH excluding ortho intramolecular Hbond substituents is 1. The maximum absolute atomic E-state index is 11.2. The van der Waals surface area contributed by atoms with Crippen molar-refractivity contribution in [3.8, 4) is 28.1 Å². The normalized spacial score (nSPS) is 16.5. The largest absolute Gasteiger partial charge is 0.508 e. The summed E-state index contributed by atoms with van der Waals surface area (Å²) < 4.78 is 7.96. The van der Waals surface area contributed by atoms with Crippen molar-refractivity contribution in [2.45, 2.75) is 25.5 Å². The molecule has 0 saturated carbocycles. The SMILES string of the molecule is O=C(O)c1ccc(-c2ccc3c(c2)c(-c2ccc(O)cc2)nn3C2CCCCO2)cc1. The van der Waals surface area contributed by atoms with E-state index in [0.29, 0.717) is 0 Å². The fourth-order valence-electron chi connectivity index (χ4n) is 4.09. The molecule has 6 heteroatoms. The number of rotatable bonds is 4. The minimum atomic E-state index is -0.939. The number of aromatic carboxylic acids is 1. The van der Waals surface area contributed by atoms with Gasteiger partial charge in [0.2, 0.25) is 0 Å². The van der Waals surface area contributed by atoms with Crippen LogP contribution in [0.5, 0.6) is 5.75 Å². The second-order valence-electron chi connectivity index (χ2n) is 7.78. The van der Waals surface area contributed by atoms with Crippen LogP contribution in [0, 0.1) is 0 Å². The van der Waals surface area contributed by atoms with Crippen LogP contribution in [0.2, 0.25) is 0 Å². The minimum absolute atomic E-state index is 0.0946. The van der Waals surface area contributed by atoms with Gasteiger partial charge in [0.25, 0.3) is 0 Å². The number of hydrogen-bond acceptors (Lipinski definition) is 4. The van der Waals surface area contributed by atoms with E-state index in [1.807, 2.05) is 41.1 Å². The molecule has 1 aliphatic heterocycles. The monoisotopic (exact) mass is 414 g/mol. The van der Waals surface area contributed by atoms with Crippen LogP contribution in [0.15, 0.2) is 66.7 Å². The molecule has 1 atom stereocenters. The molecule has 2 heterocycles. The summed E-state index contributed by atoms with van der Waals surface area (Å²) in [4.78, 5) is 11.2. The van der Waals surface area contributed by atoms with Crippen LogP contribution in [-0.2, 0) is 4.74 Å². The smallest absolute Gasteiger partial charge is 0.335 e. The predicted molar refractivity (Wildman–Crippen MR) is 118 cm³/mol. The van der Waals surface area contributed by atoms with Gasteiger partial charge in [0.15, 0.2) is 6.23 Å². The summed E-state index contributed by atoms with van der Waals surface area (Å²) >= 11 is 0. The Morgan fingerprint density at radius 2 is 1.65 bits per heavy atom. The topological polar surface area (TPSA) is 84.6 Å². The Morgan fingerprint density at radius 1 is 0.935 bits per heavy atom. The van der Waals surface area contributed by atoms with Crippen LogP contribution in [0.4, 0.5) is 0 Å². The van der Waals surface area contributed by atoms with Crippen LogP contribution in [0.3, 0.4) is 0 Å². The Hall–Kier alpha value is -3.64. The number of benzene rings is 3. The van der Waals surface area contributed by atoms with Gasteiger partial charge < -0.3 is 14.9 Å². The average molecular weight is 414 g/mol. The van der Waals surface area contributed by atoms with Crippen molar-refractivity contribution in [3.05, 3.63) is 72.3 Å². The van der Waals surface area contributed by atoms with E-state index in [4.69, 9.17) is 14.9 Å². The third-order valence-corrected chi connectivity index (χ3v) is 5.74. The lowest BCUT2D eigenvalue weighted by molar-refractivity contribution is -0.0365. The number of carboxylic acid groups (broad SMARTS) is 1. The molecule has 3 aromatic carbocycles. The second-order valence-corrected chi connectivity index (χ2v) is 7.78. The molecule has 1 fully saturated rings. The molecular formula is C25H22N2O4. The number of carboxylic acids is 1. The first kappa shape index (κ1) is 19.3. The van der Waals surface area contributed by atoms with Crippen molar-refractivity contribution in [2.75, 3.05) is 6.61 Å². The highest BCUT2D eigenvalue weighted by atomic mass is 16.5. The van der Waals surface area contributed by atoms with Gasteiger partial charge in [-0.05, 0) is 78.9 Å². The van der Waals surface area contributed by atoms with Crippen molar-refractivity contribution in [3.63, 3.8) is 0 Å². The second kappa shape index (κ2) is 7.89. The Labute approximate surface area is 179 Å². The summed E-state index contributed by atoms with van der Waals surface area (Å²) in [6, 6.07) is 20.1. The molecule has 31 heavy (non-hydrogen) atoms. The van der Waals surface area contributed by atoms with Crippen molar-refractivity contribution < 1.29 is 19.7 Å². The maximum atomic E-state index is 11.2. The number of hydrogen-bond donors (Lipinski definition) is 2. The standard InChI is InChI=1S/C25H22N2O4/c28-20-11-8-17(9-12-20)24-21-15-19(16-4-6-18(7-5-16)25(29)30)10-13-22(21)27(26-24)23-3-1-2-14-31-23/h4-13,15,23,28H,1-3,14H2,(H,29,30). The summed E-state index contributed by atoms with van der Waals surface area (Å²) in [6.45, 7) is 0.731. The van der Waals surface area contributed by atoms with E-state index >= 15 is 0 Å². The summed E-state index contributed by atoms with van der Waals surface area (Å²) in [7, 11) is 0. The van der Waals surface area contributed by atoms with Crippen molar-refractivity contribution in [1.29, 1.82) is 0 Å². The lowest BCUT2D eigenvalue weighted by Gasteiger charge is -2.23. The van der Waals surface area contributed by atoms with Gasteiger partial charge in [-0.25, -0.2) is 9.48 Å². The van der Waals surface area contributed by atoms with E-state index in [-0.39, 0.29) is 17.5 Å². The summed E-state index contributed by atoms with van der Waals surface area (Å²) in [5.74, 6) is -0.729. The summed E-state index contributed by atoms with van der Waals surface area (Å²) in [6.07, 6.45) is 3.00. The molecule has 1 aliphatic rings.